The number of hydrogen-bond donors (Lipinski definition) is 1. The lowest BCUT2D eigenvalue weighted by Crippen LogP contribution is -2.33. The maximum Gasteiger partial charge on any atom is 0.331 e. The van der Waals surface area contributed by atoms with Crippen LogP contribution in [0.3, 0.4) is 0 Å². The molecule has 0 bridgehead atoms. The maximum atomic E-state index is 12.4. The summed E-state index contributed by atoms with van der Waals surface area (Å²) in [5.74, 6) is -1.52. The molecule has 0 spiro atoms. The minimum Gasteiger partial charge on any atom is -0.478 e. The number of para-hydroxylation sites is 1. The molecular formula is C15H16N2O3. The number of carbonyl (C=O) groups excluding carboxylic acids is 1. The largest absolute Gasteiger partial charge is 0.478 e. The van der Waals surface area contributed by atoms with Crippen molar-refractivity contribution in [1.82, 2.24) is 0 Å². The van der Waals surface area contributed by atoms with Crippen molar-refractivity contribution in [2.24, 2.45) is 0 Å². The number of nitrogens with zero attached hydrogens (tertiary/aromatic N) is 2. The predicted molar refractivity (Wildman–Crippen MR) is 75.0 cm³/mol. The van der Waals surface area contributed by atoms with Crippen molar-refractivity contribution in [3.63, 3.8) is 0 Å². The predicted octanol–water partition coefficient (Wildman–Crippen LogP) is 2.35. The van der Waals surface area contributed by atoms with Crippen LogP contribution in [0.25, 0.3) is 0 Å². The molecule has 0 aliphatic rings. The molecule has 0 radical (unpaired) electrons. The van der Waals surface area contributed by atoms with E-state index in [1.165, 1.54) is 18.7 Å². The Hall–Kier alpha value is -2.61. The Morgan fingerprint density at radius 1 is 1.20 bits per heavy atom. The number of hydrogen-bond acceptors (Lipinski definition) is 3. The van der Waals surface area contributed by atoms with Gasteiger partial charge in [-0.05, 0) is 26.0 Å². The van der Waals surface area contributed by atoms with Crippen molar-refractivity contribution in [3.8, 4) is 6.07 Å². The van der Waals surface area contributed by atoms with Gasteiger partial charge in [-0.2, -0.15) is 5.26 Å². The van der Waals surface area contributed by atoms with Crippen molar-refractivity contribution < 1.29 is 14.7 Å². The number of anilines is 1. The molecule has 0 atom stereocenters. The lowest BCUT2D eigenvalue weighted by Gasteiger charge is -2.22. The first-order valence-electron chi connectivity index (χ1n) is 6.13. The molecule has 5 nitrogen and oxygen atoms in total. The highest BCUT2D eigenvalue weighted by molar-refractivity contribution is 6.09. The fourth-order valence-corrected chi connectivity index (χ4v) is 1.64. The van der Waals surface area contributed by atoms with Crippen LogP contribution in [0, 0.1) is 11.3 Å². The van der Waals surface area contributed by atoms with Crippen LogP contribution in [0.1, 0.15) is 20.3 Å². The normalized spacial score (nSPS) is 11.2. The lowest BCUT2D eigenvalue weighted by atomic mass is 10.1. The van der Waals surface area contributed by atoms with Crippen molar-refractivity contribution in [3.05, 3.63) is 41.5 Å². The summed E-state index contributed by atoms with van der Waals surface area (Å²) in [6.45, 7) is 3.10. The minimum absolute atomic E-state index is 0.00730. The second-order valence-electron chi connectivity index (χ2n) is 4.26. The van der Waals surface area contributed by atoms with Gasteiger partial charge in [-0.1, -0.05) is 18.2 Å². The Labute approximate surface area is 117 Å². The molecule has 0 aliphatic heterocycles. The molecule has 1 aromatic rings. The van der Waals surface area contributed by atoms with Gasteiger partial charge in [0.05, 0.1) is 12.5 Å². The number of aliphatic carboxylic acids is 1. The molecule has 0 heterocycles. The number of benzene rings is 1. The first-order chi connectivity index (χ1) is 9.49. The number of amides is 1. The zero-order chi connectivity index (χ0) is 15.1. The molecule has 0 saturated carbocycles. The third-order valence-electron chi connectivity index (χ3n) is 2.96. The van der Waals surface area contributed by atoms with E-state index in [1.807, 2.05) is 12.1 Å². The number of nitriles is 1. The highest BCUT2D eigenvalue weighted by atomic mass is 16.4. The molecule has 1 N–H and O–H groups in total. The Morgan fingerprint density at radius 2 is 1.80 bits per heavy atom. The molecule has 104 valence electrons. The summed E-state index contributed by atoms with van der Waals surface area (Å²) in [4.78, 5) is 24.7. The molecular weight excluding hydrogens is 256 g/mol. The molecule has 5 heteroatoms. The lowest BCUT2D eigenvalue weighted by molar-refractivity contribution is -0.133. The number of rotatable bonds is 5. The third-order valence-corrected chi connectivity index (χ3v) is 2.96. The highest BCUT2D eigenvalue weighted by Crippen LogP contribution is 2.18. The quantitative estimate of drug-likeness (QED) is 0.834. The van der Waals surface area contributed by atoms with Crippen molar-refractivity contribution >= 4 is 17.6 Å². The maximum absolute atomic E-state index is 12.4. The highest BCUT2D eigenvalue weighted by Gasteiger charge is 2.20. The molecule has 0 aromatic heterocycles. The molecule has 0 fully saturated rings. The van der Waals surface area contributed by atoms with Crippen LogP contribution in [0.15, 0.2) is 41.5 Å². The smallest absolute Gasteiger partial charge is 0.331 e. The molecule has 0 unspecified atom stereocenters. The van der Waals surface area contributed by atoms with Crippen molar-refractivity contribution in [2.75, 3.05) is 11.4 Å². The van der Waals surface area contributed by atoms with E-state index >= 15 is 0 Å². The van der Waals surface area contributed by atoms with E-state index in [1.54, 1.807) is 24.3 Å². The summed E-state index contributed by atoms with van der Waals surface area (Å²) in [5.41, 5.74) is 0.817. The van der Waals surface area contributed by atoms with E-state index < -0.39 is 11.9 Å². The molecule has 0 saturated heterocycles. The van der Waals surface area contributed by atoms with Crippen LogP contribution >= 0.6 is 0 Å². The Bertz CT molecular complexity index is 571. The van der Waals surface area contributed by atoms with Gasteiger partial charge in [-0.25, -0.2) is 4.79 Å². The van der Waals surface area contributed by atoms with Gasteiger partial charge in [0.25, 0.3) is 5.91 Å². The van der Waals surface area contributed by atoms with Gasteiger partial charge in [-0.3, -0.25) is 4.79 Å². The van der Waals surface area contributed by atoms with Crippen LogP contribution in [-0.4, -0.2) is 23.5 Å². The van der Waals surface area contributed by atoms with E-state index in [-0.39, 0.29) is 24.1 Å². The average molecular weight is 272 g/mol. The summed E-state index contributed by atoms with van der Waals surface area (Å²) in [7, 11) is 0. The van der Waals surface area contributed by atoms with E-state index in [2.05, 4.69) is 0 Å². The van der Waals surface area contributed by atoms with Gasteiger partial charge in [0.2, 0.25) is 0 Å². The zero-order valence-electron chi connectivity index (χ0n) is 11.5. The zero-order valence-corrected chi connectivity index (χ0v) is 11.5. The molecule has 1 aromatic carbocycles. The number of carboxylic acid groups (broad SMARTS) is 1. The van der Waals surface area contributed by atoms with E-state index in [0.717, 1.165) is 0 Å². The summed E-state index contributed by atoms with van der Waals surface area (Å²) >= 11 is 0. The van der Waals surface area contributed by atoms with E-state index in [9.17, 15) is 9.59 Å². The average Bonchev–Trinajstić information content (AvgIpc) is 2.46. The van der Waals surface area contributed by atoms with Gasteiger partial charge in [0.1, 0.15) is 0 Å². The number of carboxylic acids is 1. The Kier molecular flexibility index (Phi) is 5.48. The summed E-state index contributed by atoms with van der Waals surface area (Å²) in [6, 6.07) is 10.9. The fourth-order valence-electron chi connectivity index (χ4n) is 1.64. The first-order valence-corrected chi connectivity index (χ1v) is 6.13. The van der Waals surface area contributed by atoms with E-state index in [4.69, 9.17) is 10.4 Å². The molecule has 1 rings (SSSR count). The van der Waals surface area contributed by atoms with Crippen LogP contribution in [0.4, 0.5) is 5.69 Å². The topological polar surface area (TPSA) is 81.4 Å². The van der Waals surface area contributed by atoms with Crippen LogP contribution in [0.2, 0.25) is 0 Å². The number of carbonyl (C=O) groups is 2. The van der Waals surface area contributed by atoms with E-state index in [0.29, 0.717) is 5.69 Å². The van der Waals surface area contributed by atoms with Crippen molar-refractivity contribution in [1.29, 1.82) is 5.26 Å². The first kappa shape index (κ1) is 15.4. The van der Waals surface area contributed by atoms with Crippen molar-refractivity contribution in [2.45, 2.75) is 20.3 Å². The summed E-state index contributed by atoms with van der Waals surface area (Å²) in [5, 5.41) is 17.6. The summed E-state index contributed by atoms with van der Waals surface area (Å²) < 4.78 is 0. The van der Waals surface area contributed by atoms with Gasteiger partial charge in [-0.15, -0.1) is 0 Å². The molecule has 20 heavy (non-hydrogen) atoms. The minimum atomic E-state index is -1.12. The van der Waals surface area contributed by atoms with Crippen LogP contribution < -0.4 is 4.90 Å². The van der Waals surface area contributed by atoms with Gasteiger partial charge in [0, 0.05) is 23.4 Å². The van der Waals surface area contributed by atoms with Crippen LogP contribution in [-0.2, 0) is 9.59 Å². The van der Waals surface area contributed by atoms with Gasteiger partial charge < -0.3 is 10.0 Å². The fraction of sp³-hybridized carbons (Fsp3) is 0.267. The monoisotopic (exact) mass is 272 g/mol. The molecule has 0 aliphatic carbocycles. The second-order valence-corrected chi connectivity index (χ2v) is 4.26. The van der Waals surface area contributed by atoms with Gasteiger partial charge in [0.15, 0.2) is 0 Å². The Balaban J connectivity index is 3.13. The van der Waals surface area contributed by atoms with Crippen LogP contribution in [0.5, 0.6) is 0 Å². The van der Waals surface area contributed by atoms with Gasteiger partial charge >= 0.3 is 5.97 Å². The third kappa shape index (κ3) is 3.69. The molecule has 1 amide bonds. The Morgan fingerprint density at radius 3 is 2.30 bits per heavy atom. The SMILES string of the molecule is CC(C(=O)O)=C(C)C(=O)N(CCC#N)c1ccccc1. The second kappa shape index (κ2) is 7.10. The summed E-state index contributed by atoms with van der Waals surface area (Å²) in [6.07, 6.45) is 0.181. The standard InChI is InChI=1S/C15H16N2O3/c1-11(12(2)15(19)20)14(18)17(10-6-9-16)13-7-4-3-5-8-13/h3-5,7-8H,6,10H2,1-2H3,(H,19,20).